The van der Waals surface area contributed by atoms with Crippen LogP contribution in [-0.2, 0) is 33.4 Å². The highest BCUT2D eigenvalue weighted by Gasteiger charge is 2.35. The van der Waals surface area contributed by atoms with Crippen molar-refractivity contribution < 1.29 is 38.5 Å². The molecule has 0 aromatic rings. The van der Waals surface area contributed by atoms with Crippen LogP contribution in [0.25, 0.3) is 0 Å². The van der Waals surface area contributed by atoms with E-state index >= 15 is 0 Å². The second-order valence-electron chi connectivity index (χ2n) is 6.03. The summed E-state index contributed by atoms with van der Waals surface area (Å²) in [5.74, 6) is -0.383. The van der Waals surface area contributed by atoms with Crippen molar-refractivity contribution in [3.05, 3.63) is 0 Å². The molecule has 0 amide bonds. The zero-order valence-corrected chi connectivity index (χ0v) is 19.5. The number of aliphatic hydroxyl groups excluding tert-OH is 1. The summed E-state index contributed by atoms with van der Waals surface area (Å²) in [6, 6.07) is 0. The van der Waals surface area contributed by atoms with Crippen LogP contribution in [-0.4, -0.2) is 77.6 Å². The fourth-order valence-corrected chi connectivity index (χ4v) is 3.24. The van der Waals surface area contributed by atoms with Gasteiger partial charge in [0.15, 0.2) is 5.12 Å². The summed E-state index contributed by atoms with van der Waals surface area (Å²) in [6.45, 7) is -1.46. The van der Waals surface area contributed by atoms with Gasteiger partial charge >= 0.3 is 17.9 Å². The van der Waals surface area contributed by atoms with E-state index in [0.717, 1.165) is 11.8 Å². The quantitative estimate of drug-likeness (QED) is 0.144. The molecule has 12 heteroatoms. The number of carbonyl (C=O) groups is 4. The molecule has 1 N–H and O–H groups in total. The van der Waals surface area contributed by atoms with Gasteiger partial charge in [-0.1, -0.05) is 11.8 Å². The molecule has 8 nitrogen and oxygen atoms in total. The Morgan fingerprint density at radius 2 is 1.14 bits per heavy atom. The molecular formula is C17H28O8S4. The third-order valence-corrected chi connectivity index (χ3v) is 5.08. The number of hydrogen-bond donors (Lipinski definition) is 4. The molecule has 0 saturated carbocycles. The number of ether oxygens (including phenoxy) is 3. The van der Waals surface area contributed by atoms with Gasteiger partial charge in [-0.2, -0.15) is 37.9 Å². The Morgan fingerprint density at radius 1 is 0.724 bits per heavy atom. The lowest BCUT2D eigenvalue weighted by atomic mass is 9.92. The maximum absolute atomic E-state index is 11.9. The molecule has 0 atom stereocenters. The molecule has 0 rings (SSSR count). The van der Waals surface area contributed by atoms with E-state index in [9.17, 15) is 24.3 Å². The lowest BCUT2D eigenvalue weighted by molar-refractivity contribution is -0.164. The number of aliphatic hydroxyl groups is 1. The van der Waals surface area contributed by atoms with Crippen molar-refractivity contribution in [1.29, 1.82) is 0 Å². The molecule has 0 heterocycles. The van der Waals surface area contributed by atoms with Crippen LogP contribution in [0.5, 0.6) is 0 Å². The van der Waals surface area contributed by atoms with Crippen molar-refractivity contribution in [1.82, 2.24) is 0 Å². The minimum absolute atomic E-state index is 0.0105. The first kappa shape index (κ1) is 28.4. The molecule has 29 heavy (non-hydrogen) atoms. The molecule has 0 aromatic carbocycles. The molecular weight excluding hydrogens is 460 g/mol. The fourth-order valence-electron chi connectivity index (χ4n) is 1.77. The van der Waals surface area contributed by atoms with Crippen LogP contribution in [0.1, 0.15) is 25.7 Å². The van der Waals surface area contributed by atoms with Gasteiger partial charge in [0, 0.05) is 23.7 Å². The van der Waals surface area contributed by atoms with Gasteiger partial charge in [-0.15, -0.1) is 0 Å². The fraction of sp³-hybridized carbons (Fsp3) is 0.765. The van der Waals surface area contributed by atoms with E-state index in [-0.39, 0.29) is 50.0 Å². The number of thioether (sulfide) groups is 1. The predicted molar refractivity (Wildman–Crippen MR) is 120 cm³/mol. The van der Waals surface area contributed by atoms with Gasteiger partial charge in [0.1, 0.15) is 19.8 Å². The molecule has 0 radical (unpaired) electrons. The van der Waals surface area contributed by atoms with Crippen LogP contribution in [0.4, 0.5) is 0 Å². The Bertz CT molecular complexity index is 508. The maximum atomic E-state index is 11.9. The standard InChI is InChI=1S/C17H28O8S4/c18-9-17(10-23-13(19)1-5-26,11-24-14(20)2-6-27)12-25-15(21)4-8-29-16(22)3-7-28/h18,26-28H,1-12H2. The van der Waals surface area contributed by atoms with E-state index in [0.29, 0.717) is 23.7 Å². The van der Waals surface area contributed by atoms with Crippen LogP contribution < -0.4 is 0 Å². The molecule has 0 bridgehead atoms. The molecule has 0 aliphatic rings. The molecule has 168 valence electrons. The summed E-state index contributed by atoms with van der Waals surface area (Å²) in [7, 11) is 0. The zero-order chi connectivity index (χ0) is 22.1. The Morgan fingerprint density at radius 3 is 1.52 bits per heavy atom. The van der Waals surface area contributed by atoms with E-state index in [2.05, 4.69) is 37.9 Å². The van der Waals surface area contributed by atoms with Gasteiger partial charge < -0.3 is 19.3 Å². The minimum Gasteiger partial charge on any atom is -0.465 e. The van der Waals surface area contributed by atoms with Gasteiger partial charge in [-0.3, -0.25) is 19.2 Å². The second kappa shape index (κ2) is 17.2. The molecule has 0 spiro atoms. The van der Waals surface area contributed by atoms with Gasteiger partial charge in [0.25, 0.3) is 0 Å². The van der Waals surface area contributed by atoms with E-state index in [1.54, 1.807) is 0 Å². The number of esters is 3. The lowest BCUT2D eigenvalue weighted by Gasteiger charge is -2.30. The van der Waals surface area contributed by atoms with E-state index < -0.39 is 29.9 Å². The highest BCUT2D eigenvalue weighted by molar-refractivity contribution is 8.13. The van der Waals surface area contributed by atoms with Crippen molar-refractivity contribution in [2.45, 2.75) is 25.7 Å². The molecule has 0 saturated heterocycles. The van der Waals surface area contributed by atoms with Crippen LogP contribution in [0.15, 0.2) is 0 Å². The first-order valence-corrected chi connectivity index (χ1v) is 11.8. The number of carbonyl (C=O) groups excluding carboxylic acids is 4. The zero-order valence-electron chi connectivity index (χ0n) is 16.0. The molecule has 0 aliphatic heterocycles. The topological polar surface area (TPSA) is 116 Å². The summed E-state index contributed by atoms with van der Waals surface area (Å²) in [4.78, 5) is 46.6. The van der Waals surface area contributed by atoms with Crippen LogP contribution in [0, 0.1) is 5.41 Å². The lowest BCUT2D eigenvalue weighted by Crippen LogP contribution is -2.42. The normalized spacial score (nSPS) is 11.0. The predicted octanol–water partition coefficient (Wildman–Crippen LogP) is 1.20. The van der Waals surface area contributed by atoms with Crippen molar-refractivity contribution in [2.24, 2.45) is 5.41 Å². The smallest absolute Gasteiger partial charge is 0.306 e. The number of hydrogen-bond acceptors (Lipinski definition) is 12. The molecule has 0 fully saturated rings. The number of rotatable bonds is 16. The first-order valence-electron chi connectivity index (χ1n) is 8.88. The summed E-state index contributed by atoms with van der Waals surface area (Å²) < 4.78 is 15.4. The van der Waals surface area contributed by atoms with E-state index in [4.69, 9.17) is 14.2 Å². The minimum atomic E-state index is -1.29. The van der Waals surface area contributed by atoms with Crippen LogP contribution in [0.2, 0.25) is 0 Å². The number of thiol groups is 3. The van der Waals surface area contributed by atoms with Gasteiger partial charge in [0.05, 0.1) is 31.3 Å². The van der Waals surface area contributed by atoms with Crippen molar-refractivity contribution in [2.75, 3.05) is 49.4 Å². The van der Waals surface area contributed by atoms with Crippen molar-refractivity contribution in [3.8, 4) is 0 Å². The van der Waals surface area contributed by atoms with Crippen molar-refractivity contribution in [3.63, 3.8) is 0 Å². The molecule has 0 aromatic heterocycles. The van der Waals surface area contributed by atoms with Crippen LogP contribution in [0.3, 0.4) is 0 Å². The maximum Gasteiger partial charge on any atom is 0.306 e. The second-order valence-corrected chi connectivity index (χ2v) is 8.53. The average Bonchev–Trinajstić information content (AvgIpc) is 2.68. The monoisotopic (exact) mass is 488 g/mol. The van der Waals surface area contributed by atoms with Gasteiger partial charge in [0.2, 0.25) is 0 Å². The molecule has 0 unspecified atom stereocenters. The highest BCUT2D eigenvalue weighted by Crippen LogP contribution is 2.20. The third-order valence-electron chi connectivity index (χ3n) is 3.47. The summed E-state index contributed by atoms with van der Waals surface area (Å²) in [5, 5.41) is 9.76. The van der Waals surface area contributed by atoms with E-state index in [1.807, 2.05) is 0 Å². The molecule has 0 aliphatic carbocycles. The summed E-state index contributed by atoms with van der Waals surface area (Å²) in [5.41, 5.74) is -1.29. The largest absolute Gasteiger partial charge is 0.465 e. The van der Waals surface area contributed by atoms with E-state index in [1.165, 1.54) is 0 Å². The average molecular weight is 489 g/mol. The Hall–Kier alpha value is -0.560. The Labute approximate surface area is 191 Å². The van der Waals surface area contributed by atoms with Crippen LogP contribution >= 0.6 is 49.6 Å². The summed E-state index contributed by atoms with van der Waals surface area (Å²) >= 11 is 12.9. The Kier molecular flexibility index (Phi) is 16.8. The highest BCUT2D eigenvalue weighted by atomic mass is 32.2. The van der Waals surface area contributed by atoms with Gasteiger partial charge in [-0.25, -0.2) is 0 Å². The third kappa shape index (κ3) is 14.1. The Balaban J connectivity index is 4.75. The summed E-state index contributed by atoms with van der Waals surface area (Å²) in [6.07, 6.45) is 0.442. The van der Waals surface area contributed by atoms with Crippen molar-refractivity contribution >= 4 is 72.7 Å². The van der Waals surface area contributed by atoms with Gasteiger partial charge in [-0.05, 0) is 5.75 Å². The SMILES string of the molecule is O=C(CCS)OCC(CO)(COC(=O)CCS)COC(=O)CCSC(=O)CCS. The first-order chi connectivity index (χ1) is 13.8.